The van der Waals surface area contributed by atoms with E-state index in [9.17, 15) is 0 Å². The number of anilines is 2. The highest BCUT2D eigenvalue weighted by atomic mass is 35.5. The molecule has 0 atom stereocenters. The molecule has 0 heterocycles. The molecule has 0 saturated carbocycles. The Morgan fingerprint density at radius 1 is 1.17 bits per heavy atom. The number of nitrogens with two attached hydrogens (primary N) is 1. The molecular weight excluding hydrogens is 244 g/mol. The molecule has 0 fully saturated rings. The molecule has 94 valence electrons. The van der Waals surface area contributed by atoms with Crippen LogP contribution in [-0.4, -0.2) is 7.05 Å². The maximum atomic E-state index is 6.04. The minimum absolute atomic E-state index is 0.762. The van der Waals surface area contributed by atoms with Gasteiger partial charge in [-0.1, -0.05) is 29.8 Å². The Bertz CT molecular complexity index is 552. The summed E-state index contributed by atoms with van der Waals surface area (Å²) in [6.45, 7) is 2.82. The molecule has 2 N–H and O–H groups in total. The second-order valence-corrected chi connectivity index (χ2v) is 4.98. The third kappa shape index (κ3) is 2.96. The highest BCUT2D eigenvalue weighted by molar-refractivity contribution is 6.30. The molecule has 0 aliphatic rings. The molecular formula is C15H17ClN2. The van der Waals surface area contributed by atoms with E-state index in [1.54, 1.807) is 0 Å². The van der Waals surface area contributed by atoms with Gasteiger partial charge in [-0.3, -0.25) is 0 Å². The predicted octanol–water partition coefficient (Wildman–Crippen LogP) is 3.87. The highest BCUT2D eigenvalue weighted by Crippen LogP contribution is 2.24. The third-order valence-electron chi connectivity index (χ3n) is 2.90. The molecule has 2 aromatic rings. The molecule has 0 saturated heterocycles. The number of hydrogen-bond acceptors (Lipinski definition) is 2. The van der Waals surface area contributed by atoms with E-state index in [4.69, 9.17) is 17.3 Å². The number of benzene rings is 2. The Balaban J connectivity index is 2.19. The van der Waals surface area contributed by atoms with Crippen molar-refractivity contribution >= 4 is 23.0 Å². The van der Waals surface area contributed by atoms with Gasteiger partial charge in [0.1, 0.15) is 0 Å². The van der Waals surface area contributed by atoms with Gasteiger partial charge in [0.25, 0.3) is 0 Å². The van der Waals surface area contributed by atoms with Gasteiger partial charge in [-0.15, -0.1) is 0 Å². The zero-order valence-corrected chi connectivity index (χ0v) is 11.4. The van der Waals surface area contributed by atoms with E-state index < -0.39 is 0 Å². The number of hydrogen-bond donors (Lipinski definition) is 1. The van der Waals surface area contributed by atoms with Gasteiger partial charge in [0.05, 0.1) is 11.4 Å². The van der Waals surface area contributed by atoms with Crippen LogP contribution in [0.15, 0.2) is 42.5 Å². The van der Waals surface area contributed by atoms with Crippen molar-refractivity contribution in [3.63, 3.8) is 0 Å². The Labute approximate surface area is 113 Å². The molecule has 0 aliphatic heterocycles. The minimum atomic E-state index is 0.762. The normalized spacial score (nSPS) is 10.4. The Hall–Kier alpha value is -1.67. The average Bonchev–Trinajstić information content (AvgIpc) is 2.28. The van der Waals surface area contributed by atoms with Crippen LogP contribution in [0, 0.1) is 6.92 Å². The van der Waals surface area contributed by atoms with E-state index in [0.29, 0.717) is 0 Å². The molecule has 3 heteroatoms. The van der Waals surface area contributed by atoms with E-state index in [-0.39, 0.29) is 0 Å². The fourth-order valence-corrected chi connectivity index (χ4v) is 2.23. The maximum absolute atomic E-state index is 6.04. The largest absolute Gasteiger partial charge is 0.397 e. The summed E-state index contributed by atoms with van der Waals surface area (Å²) in [6, 6.07) is 14.0. The van der Waals surface area contributed by atoms with Crippen molar-refractivity contribution < 1.29 is 0 Å². The molecule has 0 bridgehead atoms. The van der Waals surface area contributed by atoms with Crippen molar-refractivity contribution in [2.75, 3.05) is 17.7 Å². The molecule has 2 aromatic carbocycles. The maximum Gasteiger partial charge on any atom is 0.0600 e. The molecule has 0 aliphatic carbocycles. The highest BCUT2D eigenvalue weighted by Gasteiger charge is 2.06. The first-order valence-electron chi connectivity index (χ1n) is 5.88. The Morgan fingerprint density at radius 2 is 1.94 bits per heavy atom. The van der Waals surface area contributed by atoms with Gasteiger partial charge in [-0.25, -0.2) is 0 Å². The van der Waals surface area contributed by atoms with Crippen LogP contribution in [0.5, 0.6) is 0 Å². The lowest BCUT2D eigenvalue weighted by atomic mass is 10.1. The summed E-state index contributed by atoms with van der Waals surface area (Å²) in [5.41, 5.74) is 10.2. The van der Waals surface area contributed by atoms with Crippen LogP contribution < -0.4 is 10.6 Å². The summed E-state index contributed by atoms with van der Waals surface area (Å²) in [4.78, 5) is 2.13. The van der Waals surface area contributed by atoms with E-state index in [1.165, 1.54) is 11.1 Å². The third-order valence-corrected chi connectivity index (χ3v) is 3.14. The Morgan fingerprint density at radius 3 is 2.61 bits per heavy atom. The molecule has 0 aromatic heterocycles. The molecule has 2 rings (SSSR count). The van der Waals surface area contributed by atoms with Gasteiger partial charge >= 0.3 is 0 Å². The van der Waals surface area contributed by atoms with E-state index in [2.05, 4.69) is 23.1 Å². The minimum Gasteiger partial charge on any atom is -0.397 e. The first kappa shape index (κ1) is 12.8. The molecule has 2 nitrogen and oxygen atoms in total. The van der Waals surface area contributed by atoms with Gasteiger partial charge in [0.15, 0.2) is 0 Å². The molecule has 0 radical (unpaired) electrons. The monoisotopic (exact) mass is 260 g/mol. The van der Waals surface area contributed by atoms with Crippen molar-refractivity contribution in [3.05, 3.63) is 58.6 Å². The summed E-state index contributed by atoms with van der Waals surface area (Å²) in [5.74, 6) is 0. The van der Waals surface area contributed by atoms with Gasteiger partial charge in [0.2, 0.25) is 0 Å². The summed E-state index contributed by atoms with van der Waals surface area (Å²) >= 11 is 5.98. The first-order chi connectivity index (χ1) is 8.56. The van der Waals surface area contributed by atoms with Crippen molar-refractivity contribution in [2.45, 2.75) is 13.5 Å². The lowest BCUT2D eigenvalue weighted by molar-refractivity contribution is 0.924. The predicted molar refractivity (Wildman–Crippen MR) is 79.2 cm³/mol. The lowest BCUT2D eigenvalue weighted by Gasteiger charge is -2.21. The van der Waals surface area contributed by atoms with Crippen LogP contribution in [0.25, 0.3) is 0 Å². The standard InChI is InChI=1S/C15H17ClN2/c1-11-6-7-15(14(17)8-11)18(2)10-12-4-3-5-13(16)9-12/h3-9H,10,17H2,1-2H3. The number of halogens is 1. The summed E-state index contributed by atoms with van der Waals surface area (Å²) < 4.78 is 0. The quantitative estimate of drug-likeness (QED) is 0.849. The fraction of sp³-hybridized carbons (Fsp3) is 0.200. The van der Waals surface area contributed by atoms with E-state index in [0.717, 1.165) is 22.9 Å². The van der Waals surface area contributed by atoms with Gasteiger partial charge in [0, 0.05) is 18.6 Å². The van der Waals surface area contributed by atoms with Crippen LogP contribution >= 0.6 is 11.6 Å². The van der Waals surface area contributed by atoms with Crippen LogP contribution in [0.2, 0.25) is 5.02 Å². The van der Waals surface area contributed by atoms with E-state index >= 15 is 0 Å². The molecule has 0 amide bonds. The molecule has 0 spiro atoms. The molecule has 18 heavy (non-hydrogen) atoms. The number of rotatable bonds is 3. The topological polar surface area (TPSA) is 29.3 Å². The van der Waals surface area contributed by atoms with E-state index in [1.807, 2.05) is 38.2 Å². The first-order valence-corrected chi connectivity index (χ1v) is 6.26. The summed E-state index contributed by atoms with van der Waals surface area (Å²) in [7, 11) is 2.03. The number of aryl methyl sites for hydroxylation is 1. The summed E-state index contributed by atoms with van der Waals surface area (Å²) in [5, 5.41) is 0.762. The Kier molecular flexibility index (Phi) is 3.78. The lowest BCUT2D eigenvalue weighted by Crippen LogP contribution is -2.17. The zero-order chi connectivity index (χ0) is 13.1. The van der Waals surface area contributed by atoms with Gasteiger partial charge in [-0.05, 0) is 42.3 Å². The second-order valence-electron chi connectivity index (χ2n) is 4.55. The van der Waals surface area contributed by atoms with Crippen molar-refractivity contribution in [1.29, 1.82) is 0 Å². The van der Waals surface area contributed by atoms with Crippen LogP contribution in [0.4, 0.5) is 11.4 Å². The average molecular weight is 261 g/mol. The summed E-state index contributed by atoms with van der Waals surface area (Å²) in [6.07, 6.45) is 0. The fourth-order valence-electron chi connectivity index (χ4n) is 2.02. The van der Waals surface area contributed by atoms with Crippen molar-refractivity contribution in [1.82, 2.24) is 0 Å². The number of nitrogens with zero attached hydrogens (tertiary/aromatic N) is 1. The van der Waals surface area contributed by atoms with Gasteiger partial charge in [-0.2, -0.15) is 0 Å². The zero-order valence-electron chi connectivity index (χ0n) is 10.7. The van der Waals surface area contributed by atoms with Gasteiger partial charge < -0.3 is 10.6 Å². The van der Waals surface area contributed by atoms with Crippen LogP contribution in [0.1, 0.15) is 11.1 Å². The molecule has 0 unspecified atom stereocenters. The second kappa shape index (κ2) is 5.32. The van der Waals surface area contributed by atoms with Crippen molar-refractivity contribution in [2.24, 2.45) is 0 Å². The smallest absolute Gasteiger partial charge is 0.0600 e. The van der Waals surface area contributed by atoms with Crippen LogP contribution in [0.3, 0.4) is 0 Å². The SMILES string of the molecule is Cc1ccc(N(C)Cc2cccc(Cl)c2)c(N)c1. The van der Waals surface area contributed by atoms with Crippen molar-refractivity contribution in [3.8, 4) is 0 Å². The number of nitrogen functional groups attached to an aromatic ring is 1. The van der Waals surface area contributed by atoms with Crippen LogP contribution in [-0.2, 0) is 6.54 Å².